The molecule has 2 heterocycles. The summed E-state index contributed by atoms with van der Waals surface area (Å²) in [6, 6.07) is 9.76. The average molecular weight is 302 g/mol. The Bertz CT molecular complexity index is 626. The monoisotopic (exact) mass is 302 g/mol. The van der Waals surface area contributed by atoms with Gasteiger partial charge in [-0.15, -0.1) is 0 Å². The predicted octanol–water partition coefficient (Wildman–Crippen LogP) is 1.72. The lowest BCUT2D eigenvalue weighted by Crippen LogP contribution is -2.50. The summed E-state index contributed by atoms with van der Waals surface area (Å²) in [7, 11) is 0. The number of benzene rings is 1. The standard InChI is InChI=1S/C16H18N2O4/c1-16(2)14(20)18(15(21)22-16)10-13(19)17-9-8-12(17)11-6-4-3-5-7-11/h3-7,12H,8-10H2,1-2H3/t12-/m0/s1. The Kier molecular flexibility index (Phi) is 3.39. The quantitative estimate of drug-likeness (QED) is 0.852. The van der Waals surface area contributed by atoms with Crippen LogP contribution in [-0.4, -0.2) is 46.4 Å². The van der Waals surface area contributed by atoms with Crippen LogP contribution in [0.1, 0.15) is 31.9 Å². The Labute approximate surface area is 128 Å². The van der Waals surface area contributed by atoms with Gasteiger partial charge in [-0.25, -0.2) is 9.69 Å². The number of likely N-dealkylation sites (tertiary alicyclic amines) is 1. The zero-order valence-corrected chi connectivity index (χ0v) is 12.6. The minimum absolute atomic E-state index is 0.0236. The van der Waals surface area contributed by atoms with Gasteiger partial charge in [0.1, 0.15) is 6.54 Å². The molecule has 2 saturated heterocycles. The largest absolute Gasteiger partial charge is 0.433 e. The highest BCUT2D eigenvalue weighted by Crippen LogP contribution is 2.33. The summed E-state index contributed by atoms with van der Waals surface area (Å²) in [4.78, 5) is 38.8. The smallest absolute Gasteiger partial charge is 0.418 e. The van der Waals surface area contributed by atoms with Gasteiger partial charge in [-0.2, -0.15) is 0 Å². The van der Waals surface area contributed by atoms with Crippen molar-refractivity contribution in [3.8, 4) is 0 Å². The Morgan fingerprint density at radius 1 is 1.27 bits per heavy atom. The summed E-state index contributed by atoms with van der Waals surface area (Å²) in [6.45, 7) is 3.42. The van der Waals surface area contributed by atoms with Gasteiger partial charge in [0.05, 0.1) is 6.04 Å². The van der Waals surface area contributed by atoms with E-state index in [0.29, 0.717) is 6.54 Å². The van der Waals surface area contributed by atoms with E-state index in [4.69, 9.17) is 4.74 Å². The molecule has 3 rings (SSSR count). The van der Waals surface area contributed by atoms with Crippen molar-refractivity contribution in [1.82, 2.24) is 9.80 Å². The number of hydrogen-bond donors (Lipinski definition) is 0. The molecule has 0 spiro atoms. The summed E-state index contributed by atoms with van der Waals surface area (Å²) in [5, 5.41) is 0. The summed E-state index contributed by atoms with van der Waals surface area (Å²) < 4.78 is 4.98. The van der Waals surface area contributed by atoms with Crippen LogP contribution in [0.3, 0.4) is 0 Å². The van der Waals surface area contributed by atoms with Crippen molar-refractivity contribution in [2.75, 3.05) is 13.1 Å². The van der Waals surface area contributed by atoms with E-state index in [1.807, 2.05) is 30.3 Å². The van der Waals surface area contributed by atoms with E-state index in [-0.39, 0.29) is 18.5 Å². The van der Waals surface area contributed by atoms with E-state index in [9.17, 15) is 14.4 Å². The number of carbonyl (C=O) groups is 3. The normalized spacial score (nSPS) is 23.3. The number of carbonyl (C=O) groups excluding carboxylic acids is 3. The summed E-state index contributed by atoms with van der Waals surface area (Å²) in [5.41, 5.74) is -0.122. The molecular formula is C16H18N2O4. The maximum absolute atomic E-state index is 12.4. The average Bonchev–Trinajstić information content (AvgIpc) is 2.61. The Hall–Kier alpha value is -2.37. The Morgan fingerprint density at radius 2 is 1.95 bits per heavy atom. The highest BCUT2D eigenvalue weighted by Gasteiger charge is 2.48. The third-order valence-electron chi connectivity index (χ3n) is 4.14. The lowest BCUT2D eigenvalue weighted by Gasteiger charge is -2.41. The van der Waals surface area contributed by atoms with Crippen molar-refractivity contribution in [2.24, 2.45) is 0 Å². The van der Waals surface area contributed by atoms with Gasteiger partial charge in [0.2, 0.25) is 5.91 Å². The second-order valence-electron chi connectivity index (χ2n) is 6.07. The Balaban J connectivity index is 1.68. The second-order valence-corrected chi connectivity index (χ2v) is 6.07. The first-order valence-electron chi connectivity index (χ1n) is 7.29. The van der Waals surface area contributed by atoms with E-state index in [2.05, 4.69) is 0 Å². The molecular weight excluding hydrogens is 284 g/mol. The zero-order chi connectivity index (χ0) is 15.9. The lowest BCUT2D eigenvalue weighted by atomic mass is 9.94. The molecule has 3 amide bonds. The SMILES string of the molecule is CC1(C)OC(=O)N(CC(=O)N2CC[C@H]2c2ccccc2)C1=O. The van der Waals surface area contributed by atoms with E-state index in [0.717, 1.165) is 16.9 Å². The van der Waals surface area contributed by atoms with Crippen LogP contribution < -0.4 is 0 Å². The molecule has 1 aromatic rings. The van der Waals surface area contributed by atoms with E-state index in [1.54, 1.807) is 4.90 Å². The molecule has 1 atom stereocenters. The van der Waals surface area contributed by atoms with Crippen LogP contribution in [0.4, 0.5) is 4.79 Å². The molecule has 0 aliphatic carbocycles. The maximum atomic E-state index is 12.4. The third kappa shape index (κ3) is 2.34. The van der Waals surface area contributed by atoms with Crippen molar-refractivity contribution in [3.05, 3.63) is 35.9 Å². The molecule has 116 valence electrons. The number of cyclic esters (lactones) is 1. The molecule has 2 fully saturated rings. The first-order valence-corrected chi connectivity index (χ1v) is 7.29. The van der Waals surface area contributed by atoms with Crippen LogP contribution in [0.25, 0.3) is 0 Å². The van der Waals surface area contributed by atoms with E-state index >= 15 is 0 Å². The van der Waals surface area contributed by atoms with Crippen LogP contribution in [0, 0.1) is 0 Å². The third-order valence-corrected chi connectivity index (χ3v) is 4.14. The van der Waals surface area contributed by atoms with Gasteiger partial charge in [-0.1, -0.05) is 30.3 Å². The minimum atomic E-state index is -1.19. The van der Waals surface area contributed by atoms with Gasteiger partial charge in [0, 0.05) is 6.54 Å². The molecule has 6 heteroatoms. The summed E-state index contributed by atoms with van der Waals surface area (Å²) in [5.74, 6) is -0.703. The predicted molar refractivity (Wildman–Crippen MR) is 77.8 cm³/mol. The fourth-order valence-electron chi connectivity index (χ4n) is 2.80. The highest BCUT2D eigenvalue weighted by atomic mass is 16.6. The number of nitrogens with zero attached hydrogens (tertiary/aromatic N) is 2. The van der Waals surface area contributed by atoms with E-state index in [1.165, 1.54) is 13.8 Å². The fraction of sp³-hybridized carbons (Fsp3) is 0.438. The van der Waals surface area contributed by atoms with Gasteiger partial charge in [0.15, 0.2) is 5.60 Å². The molecule has 0 aromatic heterocycles. The number of rotatable bonds is 3. The maximum Gasteiger partial charge on any atom is 0.418 e. The molecule has 0 bridgehead atoms. The van der Waals surface area contributed by atoms with Gasteiger partial charge in [-0.3, -0.25) is 9.59 Å². The van der Waals surface area contributed by atoms with Crippen molar-refractivity contribution in [3.63, 3.8) is 0 Å². The minimum Gasteiger partial charge on any atom is -0.433 e. The molecule has 0 unspecified atom stereocenters. The lowest BCUT2D eigenvalue weighted by molar-refractivity contribution is -0.144. The molecule has 1 aromatic carbocycles. The molecule has 0 saturated carbocycles. The molecule has 0 N–H and O–H groups in total. The molecule has 2 aliphatic heterocycles. The van der Waals surface area contributed by atoms with Crippen molar-refractivity contribution < 1.29 is 19.1 Å². The van der Waals surface area contributed by atoms with Gasteiger partial charge in [0.25, 0.3) is 5.91 Å². The van der Waals surface area contributed by atoms with E-state index < -0.39 is 17.6 Å². The number of amides is 3. The van der Waals surface area contributed by atoms with Crippen molar-refractivity contribution in [1.29, 1.82) is 0 Å². The van der Waals surface area contributed by atoms with Crippen molar-refractivity contribution in [2.45, 2.75) is 31.9 Å². The number of hydrogen-bond acceptors (Lipinski definition) is 4. The van der Waals surface area contributed by atoms with Gasteiger partial charge in [-0.05, 0) is 25.8 Å². The van der Waals surface area contributed by atoms with Crippen LogP contribution >= 0.6 is 0 Å². The van der Waals surface area contributed by atoms with Gasteiger partial charge >= 0.3 is 6.09 Å². The fourth-order valence-corrected chi connectivity index (χ4v) is 2.80. The van der Waals surface area contributed by atoms with Crippen molar-refractivity contribution >= 4 is 17.9 Å². The van der Waals surface area contributed by atoms with Crippen LogP contribution in [-0.2, 0) is 14.3 Å². The topological polar surface area (TPSA) is 66.9 Å². The second kappa shape index (κ2) is 5.12. The number of imide groups is 1. The summed E-state index contributed by atoms with van der Waals surface area (Å²) >= 11 is 0. The first-order chi connectivity index (χ1) is 10.4. The van der Waals surface area contributed by atoms with Crippen LogP contribution in [0.5, 0.6) is 0 Å². The zero-order valence-electron chi connectivity index (χ0n) is 12.6. The molecule has 2 aliphatic rings. The summed E-state index contributed by atoms with van der Waals surface area (Å²) in [6.07, 6.45) is 0.139. The van der Waals surface area contributed by atoms with Gasteiger partial charge < -0.3 is 9.64 Å². The van der Waals surface area contributed by atoms with Crippen LogP contribution in [0.2, 0.25) is 0 Å². The highest BCUT2D eigenvalue weighted by molar-refractivity contribution is 6.04. The Morgan fingerprint density at radius 3 is 2.45 bits per heavy atom. The molecule has 0 radical (unpaired) electrons. The van der Waals surface area contributed by atoms with Crippen LogP contribution in [0.15, 0.2) is 30.3 Å². The first kappa shape index (κ1) is 14.6. The number of ether oxygens (including phenoxy) is 1. The molecule has 6 nitrogen and oxygen atoms in total. The molecule has 22 heavy (non-hydrogen) atoms.